The summed E-state index contributed by atoms with van der Waals surface area (Å²) in [6.45, 7) is 6.08. The van der Waals surface area contributed by atoms with Crippen LogP contribution < -0.4 is 10.6 Å². The molecule has 1 amide bonds. The molecule has 0 unspecified atom stereocenters. The van der Waals surface area contributed by atoms with Crippen LogP contribution in [0.1, 0.15) is 27.2 Å². The first kappa shape index (κ1) is 16.2. The number of thiazole rings is 1. The first-order chi connectivity index (χ1) is 11.5. The van der Waals surface area contributed by atoms with Crippen LogP contribution in [0.4, 0.5) is 16.5 Å². The van der Waals surface area contributed by atoms with Gasteiger partial charge in [-0.05, 0) is 44.0 Å². The van der Waals surface area contributed by atoms with Crippen molar-refractivity contribution in [1.82, 2.24) is 4.98 Å². The van der Waals surface area contributed by atoms with Gasteiger partial charge in [0.25, 0.3) is 5.91 Å². The third-order valence-electron chi connectivity index (χ3n) is 3.75. The highest BCUT2D eigenvalue weighted by Gasteiger charge is 2.12. The molecule has 2 aromatic carbocycles. The lowest BCUT2D eigenvalue weighted by molar-refractivity contribution is 0.102. The number of para-hydroxylation sites is 1. The molecule has 24 heavy (non-hydrogen) atoms. The van der Waals surface area contributed by atoms with Gasteiger partial charge in [-0.25, -0.2) is 4.98 Å². The fraction of sp³-hybridized carbons (Fsp3) is 0.158. The molecule has 0 atom stereocenters. The van der Waals surface area contributed by atoms with E-state index in [4.69, 9.17) is 0 Å². The molecule has 0 aliphatic rings. The van der Waals surface area contributed by atoms with E-state index in [2.05, 4.69) is 41.6 Å². The standard InChI is InChI=1S/C19H19N3OS/c1-12-8-9-16(14(3)10-12)21-19-22-17(11-24-19)18(23)20-15-7-5-4-6-13(15)2/h4-11H,1-3H3,(H,20,23)(H,21,22). The quantitative estimate of drug-likeness (QED) is 0.699. The minimum absolute atomic E-state index is 0.200. The van der Waals surface area contributed by atoms with E-state index in [1.807, 2.05) is 37.3 Å². The first-order valence-electron chi connectivity index (χ1n) is 7.70. The number of carbonyl (C=O) groups excluding carboxylic acids is 1. The predicted octanol–water partition coefficient (Wildman–Crippen LogP) is 5.06. The summed E-state index contributed by atoms with van der Waals surface area (Å²) >= 11 is 1.42. The van der Waals surface area contributed by atoms with Crippen LogP contribution in [-0.4, -0.2) is 10.9 Å². The second-order valence-electron chi connectivity index (χ2n) is 5.75. The predicted molar refractivity (Wildman–Crippen MR) is 100 cm³/mol. The maximum Gasteiger partial charge on any atom is 0.275 e. The Morgan fingerprint density at radius 1 is 1.00 bits per heavy atom. The number of benzene rings is 2. The van der Waals surface area contributed by atoms with Gasteiger partial charge in [-0.15, -0.1) is 11.3 Å². The molecule has 0 aliphatic carbocycles. The molecule has 0 spiro atoms. The molecule has 5 heteroatoms. The topological polar surface area (TPSA) is 54.0 Å². The van der Waals surface area contributed by atoms with Crippen LogP contribution >= 0.6 is 11.3 Å². The SMILES string of the molecule is Cc1ccc(Nc2nc(C(=O)Nc3ccccc3C)cs2)c(C)c1. The van der Waals surface area contributed by atoms with Crippen molar-refractivity contribution in [3.63, 3.8) is 0 Å². The van der Waals surface area contributed by atoms with Crippen molar-refractivity contribution in [2.75, 3.05) is 10.6 Å². The average Bonchev–Trinajstić information content (AvgIpc) is 3.01. The summed E-state index contributed by atoms with van der Waals surface area (Å²) in [5.41, 5.74) is 5.61. The lowest BCUT2D eigenvalue weighted by atomic mass is 10.1. The van der Waals surface area contributed by atoms with Gasteiger partial charge in [0, 0.05) is 16.8 Å². The summed E-state index contributed by atoms with van der Waals surface area (Å²) in [5.74, 6) is -0.200. The molecular formula is C19H19N3OS. The fourth-order valence-electron chi connectivity index (χ4n) is 2.40. The van der Waals surface area contributed by atoms with Gasteiger partial charge in [0.05, 0.1) is 0 Å². The number of amides is 1. The maximum absolute atomic E-state index is 12.3. The Hall–Kier alpha value is -2.66. The van der Waals surface area contributed by atoms with Crippen LogP contribution in [0.5, 0.6) is 0 Å². The van der Waals surface area contributed by atoms with Crippen molar-refractivity contribution in [1.29, 1.82) is 0 Å². The lowest BCUT2D eigenvalue weighted by Crippen LogP contribution is -2.13. The van der Waals surface area contributed by atoms with E-state index in [1.165, 1.54) is 16.9 Å². The highest BCUT2D eigenvalue weighted by Crippen LogP contribution is 2.25. The Morgan fingerprint density at radius 3 is 2.54 bits per heavy atom. The lowest BCUT2D eigenvalue weighted by Gasteiger charge is -2.07. The molecule has 0 bridgehead atoms. The second-order valence-corrected chi connectivity index (χ2v) is 6.61. The van der Waals surface area contributed by atoms with Crippen molar-refractivity contribution in [2.24, 2.45) is 0 Å². The van der Waals surface area contributed by atoms with Crippen molar-refractivity contribution in [2.45, 2.75) is 20.8 Å². The number of anilines is 3. The average molecular weight is 337 g/mol. The van der Waals surface area contributed by atoms with E-state index in [-0.39, 0.29) is 5.91 Å². The number of nitrogens with one attached hydrogen (secondary N) is 2. The van der Waals surface area contributed by atoms with Crippen LogP contribution in [0.3, 0.4) is 0 Å². The van der Waals surface area contributed by atoms with Gasteiger partial charge in [-0.1, -0.05) is 35.9 Å². The normalized spacial score (nSPS) is 10.5. The number of aryl methyl sites for hydroxylation is 3. The summed E-state index contributed by atoms with van der Waals surface area (Å²) in [4.78, 5) is 16.7. The third-order valence-corrected chi connectivity index (χ3v) is 4.51. The second kappa shape index (κ2) is 6.84. The van der Waals surface area contributed by atoms with Crippen LogP contribution in [-0.2, 0) is 0 Å². The van der Waals surface area contributed by atoms with E-state index >= 15 is 0 Å². The van der Waals surface area contributed by atoms with Gasteiger partial charge in [0.15, 0.2) is 5.13 Å². The fourth-order valence-corrected chi connectivity index (χ4v) is 3.11. The highest BCUT2D eigenvalue weighted by molar-refractivity contribution is 7.14. The van der Waals surface area contributed by atoms with Gasteiger partial charge in [-0.3, -0.25) is 4.79 Å². The molecule has 0 aliphatic heterocycles. The number of rotatable bonds is 4. The van der Waals surface area contributed by atoms with Crippen LogP contribution in [0.2, 0.25) is 0 Å². The van der Waals surface area contributed by atoms with Crippen molar-refractivity contribution in [3.05, 3.63) is 70.2 Å². The molecule has 0 radical (unpaired) electrons. The molecule has 0 saturated carbocycles. The van der Waals surface area contributed by atoms with Gasteiger partial charge in [0.2, 0.25) is 0 Å². The van der Waals surface area contributed by atoms with Crippen LogP contribution in [0.15, 0.2) is 47.8 Å². The zero-order valence-electron chi connectivity index (χ0n) is 13.9. The monoisotopic (exact) mass is 337 g/mol. The number of hydrogen-bond acceptors (Lipinski definition) is 4. The van der Waals surface area contributed by atoms with Crippen molar-refractivity contribution in [3.8, 4) is 0 Å². The molecular weight excluding hydrogens is 318 g/mol. The third kappa shape index (κ3) is 3.63. The minimum atomic E-state index is -0.200. The molecule has 2 N–H and O–H groups in total. The molecule has 3 aromatic rings. The summed E-state index contributed by atoms with van der Waals surface area (Å²) in [5, 5.41) is 8.65. The zero-order valence-corrected chi connectivity index (χ0v) is 14.7. The maximum atomic E-state index is 12.3. The molecule has 4 nitrogen and oxygen atoms in total. The number of carbonyl (C=O) groups is 1. The Balaban J connectivity index is 1.73. The van der Waals surface area contributed by atoms with E-state index < -0.39 is 0 Å². The molecule has 1 aromatic heterocycles. The Bertz CT molecular complexity index is 886. The Kier molecular flexibility index (Phi) is 4.62. The van der Waals surface area contributed by atoms with Gasteiger partial charge in [0.1, 0.15) is 5.69 Å². The van der Waals surface area contributed by atoms with Crippen LogP contribution in [0, 0.1) is 20.8 Å². The van der Waals surface area contributed by atoms with E-state index in [9.17, 15) is 4.79 Å². The van der Waals surface area contributed by atoms with E-state index in [0.717, 1.165) is 22.5 Å². The first-order valence-corrected chi connectivity index (χ1v) is 8.57. The summed E-state index contributed by atoms with van der Waals surface area (Å²) in [7, 11) is 0. The Labute approximate surface area is 145 Å². The largest absolute Gasteiger partial charge is 0.331 e. The molecule has 122 valence electrons. The number of aromatic nitrogens is 1. The smallest absolute Gasteiger partial charge is 0.275 e. The Morgan fingerprint density at radius 2 is 1.79 bits per heavy atom. The molecule has 1 heterocycles. The van der Waals surface area contributed by atoms with Gasteiger partial charge in [-0.2, -0.15) is 0 Å². The van der Waals surface area contributed by atoms with Crippen molar-refractivity contribution < 1.29 is 4.79 Å². The molecule has 3 rings (SSSR count). The number of nitrogens with zero attached hydrogens (tertiary/aromatic N) is 1. The zero-order chi connectivity index (χ0) is 17.1. The number of hydrogen-bond donors (Lipinski definition) is 2. The van der Waals surface area contributed by atoms with E-state index in [1.54, 1.807) is 5.38 Å². The van der Waals surface area contributed by atoms with Gasteiger partial charge >= 0.3 is 0 Å². The van der Waals surface area contributed by atoms with Crippen molar-refractivity contribution >= 4 is 33.8 Å². The van der Waals surface area contributed by atoms with E-state index in [0.29, 0.717) is 10.8 Å². The summed E-state index contributed by atoms with van der Waals surface area (Å²) in [6.07, 6.45) is 0. The molecule has 0 fully saturated rings. The highest BCUT2D eigenvalue weighted by atomic mass is 32.1. The molecule has 0 saturated heterocycles. The minimum Gasteiger partial charge on any atom is -0.331 e. The van der Waals surface area contributed by atoms with Crippen LogP contribution in [0.25, 0.3) is 0 Å². The summed E-state index contributed by atoms with van der Waals surface area (Å²) in [6, 6.07) is 13.9. The summed E-state index contributed by atoms with van der Waals surface area (Å²) < 4.78 is 0. The van der Waals surface area contributed by atoms with Gasteiger partial charge < -0.3 is 10.6 Å².